The van der Waals surface area contributed by atoms with E-state index in [2.05, 4.69) is 15.1 Å². The maximum atomic E-state index is 11.9. The number of hydrogen-bond donors (Lipinski definition) is 0. The fourth-order valence-electron chi connectivity index (χ4n) is 2.05. The first-order valence-electron chi connectivity index (χ1n) is 5.86. The standard InChI is InChI=1S/C12H14N4O/c1-7-5-8(2)14-12(13-7)16-11(17)6-10(15-16)9-3-4-9/h5,9H,3-4,6H2,1-2H3. The van der Waals surface area contributed by atoms with Crippen LogP contribution in [0.4, 0.5) is 5.95 Å². The van der Waals surface area contributed by atoms with Gasteiger partial charge in [0.1, 0.15) is 0 Å². The molecular weight excluding hydrogens is 216 g/mol. The lowest BCUT2D eigenvalue weighted by atomic mass is 10.2. The summed E-state index contributed by atoms with van der Waals surface area (Å²) in [5, 5.41) is 5.71. The molecular formula is C12H14N4O. The average molecular weight is 230 g/mol. The van der Waals surface area contributed by atoms with Gasteiger partial charge in [-0.3, -0.25) is 4.79 Å². The van der Waals surface area contributed by atoms with Crippen molar-refractivity contribution in [1.82, 2.24) is 9.97 Å². The number of aromatic nitrogens is 2. The van der Waals surface area contributed by atoms with E-state index in [9.17, 15) is 4.79 Å². The summed E-state index contributed by atoms with van der Waals surface area (Å²) in [6.45, 7) is 3.79. The van der Waals surface area contributed by atoms with Gasteiger partial charge in [0.25, 0.3) is 11.9 Å². The molecule has 1 fully saturated rings. The molecule has 2 heterocycles. The summed E-state index contributed by atoms with van der Waals surface area (Å²) in [5.74, 6) is 0.912. The summed E-state index contributed by atoms with van der Waals surface area (Å²) in [7, 11) is 0. The molecule has 5 nitrogen and oxygen atoms in total. The zero-order valence-corrected chi connectivity index (χ0v) is 9.97. The molecule has 17 heavy (non-hydrogen) atoms. The number of nitrogens with zero attached hydrogens (tertiary/aromatic N) is 4. The molecule has 1 aromatic rings. The van der Waals surface area contributed by atoms with E-state index in [0.717, 1.165) is 29.9 Å². The second-order valence-corrected chi connectivity index (χ2v) is 4.70. The van der Waals surface area contributed by atoms with E-state index < -0.39 is 0 Å². The molecule has 1 aromatic heterocycles. The summed E-state index contributed by atoms with van der Waals surface area (Å²) < 4.78 is 0. The first-order chi connectivity index (χ1) is 8.13. The van der Waals surface area contributed by atoms with E-state index in [1.165, 1.54) is 5.01 Å². The highest BCUT2D eigenvalue weighted by atomic mass is 16.2. The molecule has 0 radical (unpaired) electrons. The van der Waals surface area contributed by atoms with Gasteiger partial charge in [-0.05, 0) is 38.7 Å². The smallest absolute Gasteiger partial charge is 0.255 e. The van der Waals surface area contributed by atoms with E-state index in [1.807, 2.05) is 19.9 Å². The SMILES string of the molecule is Cc1cc(C)nc(N2N=C(C3CC3)CC2=O)n1. The molecule has 1 aliphatic carbocycles. The number of carbonyl (C=O) groups is 1. The van der Waals surface area contributed by atoms with Crippen LogP contribution in [0.15, 0.2) is 11.2 Å². The van der Waals surface area contributed by atoms with Crippen LogP contribution in [0.3, 0.4) is 0 Å². The van der Waals surface area contributed by atoms with Crippen LogP contribution in [0.2, 0.25) is 0 Å². The number of carbonyl (C=O) groups excluding carboxylic acids is 1. The van der Waals surface area contributed by atoms with Crippen molar-refractivity contribution in [3.63, 3.8) is 0 Å². The van der Waals surface area contributed by atoms with Gasteiger partial charge in [-0.1, -0.05) is 0 Å². The second-order valence-electron chi connectivity index (χ2n) is 4.70. The van der Waals surface area contributed by atoms with Gasteiger partial charge in [-0.2, -0.15) is 10.1 Å². The molecule has 0 aromatic carbocycles. The number of amides is 1. The number of rotatable bonds is 2. The lowest BCUT2D eigenvalue weighted by Crippen LogP contribution is -2.22. The Morgan fingerprint density at radius 2 is 1.88 bits per heavy atom. The number of hydrogen-bond acceptors (Lipinski definition) is 4. The van der Waals surface area contributed by atoms with Crippen molar-refractivity contribution in [2.24, 2.45) is 11.0 Å². The molecule has 0 N–H and O–H groups in total. The fourth-order valence-corrected chi connectivity index (χ4v) is 2.05. The largest absolute Gasteiger partial charge is 0.272 e. The highest BCUT2D eigenvalue weighted by Crippen LogP contribution is 2.34. The molecule has 1 amide bonds. The Balaban J connectivity index is 1.94. The third kappa shape index (κ3) is 1.92. The summed E-state index contributed by atoms with van der Waals surface area (Å²) in [6.07, 6.45) is 2.75. The monoisotopic (exact) mass is 230 g/mol. The third-order valence-corrected chi connectivity index (χ3v) is 3.01. The molecule has 0 spiro atoms. The molecule has 1 aliphatic heterocycles. The highest BCUT2D eigenvalue weighted by molar-refractivity contribution is 6.13. The summed E-state index contributed by atoms with van der Waals surface area (Å²) in [4.78, 5) is 20.4. The van der Waals surface area contributed by atoms with Crippen molar-refractivity contribution >= 4 is 17.6 Å². The first kappa shape index (κ1) is 10.4. The topological polar surface area (TPSA) is 58.5 Å². The molecule has 0 bridgehead atoms. The maximum Gasteiger partial charge on any atom is 0.255 e. The van der Waals surface area contributed by atoms with E-state index in [4.69, 9.17) is 0 Å². The summed E-state index contributed by atoms with van der Waals surface area (Å²) >= 11 is 0. The number of anilines is 1. The van der Waals surface area contributed by atoms with Crippen LogP contribution in [0.1, 0.15) is 30.7 Å². The first-order valence-corrected chi connectivity index (χ1v) is 5.86. The van der Waals surface area contributed by atoms with E-state index in [0.29, 0.717) is 18.3 Å². The van der Waals surface area contributed by atoms with Crippen LogP contribution in [-0.4, -0.2) is 21.6 Å². The van der Waals surface area contributed by atoms with Gasteiger partial charge < -0.3 is 0 Å². The second kappa shape index (κ2) is 3.61. The lowest BCUT2D eigenvalue weighted by Gasteiger charge is -2.10. The number of hydrazone groups is 1. The van der Waals surface area contributed by atoms with Gasteiger partial charge in [-0.25, -0.2) is 9.97 Å². The highest BCUT2D eigenvalue weighted by Gasteiger charge is 2.36. The van der Waals surface area contributed by atoms with Crippen molar-refractivity contribution in [3.8, 4) is 0 Å². The molecule has 0 atom stereocenters. The van der Waals surface area contributed by atoms with Gasteiger partial charge in [-0.15, -0.1) is 0 Å². The van der Waals surface area contributed by atoms with Gasteiger partial charge >= 0.3 is 0 Å². The van der Waals surface area contributed by atoms with Gasteiger partial charge in [0.15, 0.2) is 0 Å². The molecule has 5 heteroatoms. The van der Waals surface area contributed by atoms with Crippen LogP contribution in [-0.2, 0) is 4.79 Å². The van der Waals surface area contributed by atoms with Crippen LogP contribution in [0.25, 0.3) is 0 Å². The Labute approximate surface area is 99.6 Å². The van der Waals surface area contributed by atoms with E-state index in [1.54, 1.807) is 0 Å². The van der Waals surface area contributed by atoms with Crippen molar-refractivity contribution in [2.75, 3.05) is 5.01 Å². The minimum Gasteiger partial charge on any atom is -0.272 e. The van der Waals surface area contributed by atoms with Crippen LogP contribution < -0.4 is 5.01 Å². The quantitative estimate of drug-likeness (QED) is 0.775. The summed E-state index contributed by atoms with van der Waals surface area (Å²) in [6, 6.07) is 1.88. The van der Waals surface area contributed by atoms with Crippen molar-refractivity contribution < 1.29 is 4.79 Å². The fraction of sp³-hybridized carbons (Fsp3) is 0.500. The van der Waals surface area contributed by atoms with Gasteiger partial charge in [0.05, 0.1) is 12.1 Å². The predicted octanol–water partition coefficient (Wildman–Crippen LogP) is 1.60. The van der Waals surface area contributed by atoms with Gasteiger partial charge in [0, 0.05) is 11.4 Å². The molecule has 1 saturated carbocycles. The lowest BCUT2D eigenvalue weighted by molar-refractivity contribution is -0.117. The van der Waals surface area contributed by atoms with E-state index in [-0.39, 0.29) is 5.91 Å². The van der Waals surface area contributed by atoms with Crippen molar-refractivity contribution in [2.45, 2.75) is 33.1 Å². The van der Waals surface area contributed by atoms with Crippen LogP contribution >= 0.6 is 0 Å². The minimum atomic E-state index is -0.0168. The molecule has 0 unspecified atom stereocenters. The normalized spacial score (nSPS) is 19.8. The zero-order chi connectivity index (χ0) is 12.0. The third-order valence-electron chi connectivity index (χ3n) is 3.01. The molecule has 0 saturated heterocycles. The predicted molar refractivity (Wildman–Crippen MR) is 63.8 cm³/mol. The van der Waals surface area contributed by atoms with Gasteiger partial charge in [0.2, 0.25) is 0 Å². The van der Waals surface area contributed by atoms with Crippen molar-refractivity contribution in [3.05, 3.63) is 17.5 Å². The Kier molecular flexibility index (Phi) is 2.21. The van der Waals surface area contributed by atoms with E-state index >= 15 is 0 Å². The zero-order valence-electron chi connectivity index (χ0n) is 9.97. The maximum absolute atomic E-state index is 11.9. The molecule has 3 rings (SSSR count). The average Bonchev–Trinajstić information content (AvgIpc) is 3.01. The minimum absolute atomic E-state index is 0.0168. The Morgan fingerprint density at radius 3 is 2.47 bits per heavy atom. The van der Waals surface area contributed by atoms with Crippen molar-refractivity contribution in [1.29, 1.82) is 0 Å². The Bertz CT molecular complexity index is 499. The van der Waals surface area contributed by atoms with Crippen LogP contribution in [0, 0.1) is 19.8 Å². The Morgan fingerprint density at radius 1 is 1.24 bits per heavy atom. The molecule has 88 valence electrons. The summed E-state index contributed by atoms with van der Waals surface area (Å²) in [5.41, 5.74) is 2.71. The van der Waals surface area contributed by atoms with Crippen LogP contribution in [0.5, 0.6) is 0 Å². The molecule has 2 aliphatic rings. The number of aryl methyl sites for hydroxylation is 2. The Hall–Kier alpha value is -1.78.